The molecule has 1 heterocycles. The van der Waals surface area contributed by atoms with Crippen molar-refractivity contribution in [3.05, 3.63) is 23.2 Å². The number of carbonyl (C=O) groups excluding carboxylic acids is 1. The van der Waals surface area contributed by atoms with Crippen LogP contribution in [-0.4, -0.2) is 29.9 Å². The minimum absolute atomic E-state index is 0.00586. The largest absolute Gasteiger partial charge is 0.399 e. The van der Waals surface area contributed by atoms with Crippen molar-refractivity contribution in [1.29, 1.82) is 0 Å². The second kappa shape index (κ2) is 7.66. The molecule has 116 valence electrons. The molecule has 1 aliphatic heterocycles. The van der Waals surface area contributed by atoms with Gasteiger partial charge in [0.2, 0.25) is 5.91 Å². The quantitative estimate of drug-likeness (QED) is 0.818. The second-order valence-electron chi connectivity index (χ2n) is 5.77. The van der Waals surface area contributed by atoms with Gasteiger partial charge in [0.15, 0.2) is 0 Å². The molecule has 0 saturated carbocycles. The van der Waals surface area contributed by atoms with E-state index in [9.17, 15) is 4.79 Å². The van der Waals surface area contributed by atoms with Crippen LogP contribution in [-0.2, 0) is 4.79 Å². The Balaban J connectivity index is 1.74. The van der Waals surface area contributed by atoms with Gasteiger partial charge in [0.05, 0.1) is 10.7 Å². The molecular weight excluding hydrogens is 286 g/mol. The molecule has 5 heteroatoms. The molecule has 0 bridgehead atoms. The third kappa shape index (κ3) is 4.90. The first-order chi connectivity index (χ1) is 10.1. The van der Waals surface area contributed by atoms with Crippen LogP contribution in [0.3, 0.4) is 0 Å². The Hall–Kier alpha value is -1.26. The zero-order valence-corrected chi connectivity index (χ0v) is 13.3. The summed E-state index contributed by atoms with van der Waals surface area (Å²) in [6.45, 7) is 4.42. The molecular formula is C16H24ClN3O. The van der Waals surface area contributed by atoms with E-state index in [0.29, 0.717) is 28.9 Å². The normalized spacial score (nSPS) is 19.4. The molecule has 1 saturated heterocycles. The van der Waals surface area contributed by atoms with Crippen LogP contribution < -0.4 is 11.1 Å². The van der Waals surface area contributed by atoms with E-state index >= 15 is 0 Å². The molecule has 3 N–H and O–H groups in total. The fourth-order valence-corrected chi connectivity index (χ4v) is 3.01. The first kappa shape index (κ1) is 16.1. The second-order valence-corrected chi connectivity index (χ2v) is 6.18. The van der Waals surface area contributed by atoms with Crippen molar-refractivity contribution >= 4 is 28.9 Å². The van der Waals surface area contributed by atoms with Crippen LogP contribution in [0.15, 0.2) is 18.2 Å². The maximum atomic E-state index is 12.0. The molecule has 1 fully saturated rings. The van der Waals surface area contributed by atoms with Crippen LogP contribution in [0.4, 0.5) is 11.4 Å². The van der Waals surface area contributed by atoms with E-state index in [1.165, 1.54) is 19.3 Å². The van der Waals surface area contributed by atoms with Crippen molar-refractivity contribution in [2.24, 2.45) is 0 Å². The van der Waals surface area contributed by atoms with Crippen LogP contribution >= 0.6 is 11.6 Å². The number of carbonyl (C=O) groups is 1. The number of amides is 1. The van der Waals surface area contributed by atoms with E-state index in [1.807, 2.05) is 0 Å². The van der Waals surface area contributed by atoms with E-state index in [4.69, 9.17) is 17.3 Å². The van der Waals surface area contributed by atoms with Gasteiger partial charge in [-0.1, -0.05) is 18.0 Å². The van der Waals surface area contributed by atoms with Crippen LogP contribution in [0.1, 0.15) is 39.0 Å². The minimum atomic E-state index is 0.00586. The first-order valence-corrected chi connectivity index (χ1v) is 8.03. The lowest BCUT2D eigenvalue weighted by Gasteiger charge is -2.33. The molecule has 21 heavy (non-hydrogen) atoms. The number of piperidine rings is 1. The zero-order chi connectivity index (χ0) is 15.2. The highest BCUT2D eigenvalue weighted by molar-refractivity contribution is 6.34. The van der Waals surface area contributed by atoms with Gasteiger partial charge in [-0.25, -0.2) is 0 Å². The van der Waals surface area contributed by atoms with Crippen molar-refractivity contribution in [3.63, 3.8) is 0 Å². The Morgan fingerprint density at radius 1 is 1.48 bits per heavy atom. The number of benzene rings is 1. The summed E-state index contributed by atoms with van der Waals surface area (Å²) in [5.74, 6) is 0.00586. The summed E-state index contributed by atoms with van der Waals surface area (Å²) in [5, 5.41) is 3.32. The van der Waals surface area contributed by atoms with Gasteiger partial charge in [-0.05, 0) is 57.5 Å². The Bertz CT molecular complexity index is 492. The summed E-state index contributed by atoms with van der Waals surface area (Å²) in [5.41, 5.74) is 6.85. The highest BCUT2D eigenvalue weighted by Gasteiger charge is 2.17. The van der Waals surface area contributed by atoms with Gasteiger partial charge < -0.3 is 16.0 Å². The fourth-order valence-electron chi connectivity index (χ4n) is 2.78. The number of nitrogens with two attached hydrogens (primary N) is 1. The SMILES string of the molecule is CC1CCCCN1CCCC(=O)Nc1ccc(N)cc1Cl. The number of nitrogen functional groups attached to an aromatic ring is 1. The van der Waals surface area contributed by atoms with E-state index < -0.39 is 0 Å². The molecule has 1 aromatic rings. The molecule has 4 nitrogen and oxygen atoms in total. The smallest absolute Gasteiger partial charge is 0.224 e. The average Bonchev–Trinajstić information content (AvgIpc) is 2.44. The molecule has 0 spiro atoms. The summed E-state index contributed by atoms with van der Waals surface area (Å²) in [6, 6.07) is 5.76. The number of nitrogens with zero attached hydrogens (tertiary/aromatic N) is 1. The van der Waals surface area contributed by atoms with Crippen LogP contribution in [0.5, 0.6) is 0 Å². The molecule has 1 unspecified atom stereocenters. The predicted octanol–water partition coefficient (Wildman–Crippen LogP) is 3.52. The van der Waals surface area contributed by atoms with Crippen molar-refractivity contribution in [1.82, 2.24) is 4.90 Å². The monoisotopic (exact) mass is 309 g/mol. The van der Waals surface area contributed by atoms with Crippen molar-refractivity contribution in [2.75, 3.05) is 24.1 Å². The topological polar surface area (TPSA) is 58.4 Å². The molecule has 1 aromatic carbocycles. The minimum Gasteiger partial charge on any atom is -0.399 e. The number of likely N-dealkylation sites (tertiary alicyclic amines) is 1. The van der Waals surface area contributed by atoms with Crippen molar-refractivity contribution < 1.29 is 4.79 Å². The number of nitrogens with one attached hydrogen (secondary N) is 1. The Morgan fingerprint density at radius 2 is 2.29 bits per heavy atom. The van der Waals surface area contributed by atoms with Crippen LogP contribution in [0.25, 0.3) is 0 Å². The number of halogens is 1. The average molecular weight is 310 g/mol. The highest BCUT2D eigenvalue weighted by atomic mass is 35.5. The Morgan fingerprint density at radius 3 is 3.00 bits per heavy atom. The van der Waals surface area contributed by atoms with Gasteiger partial charge in [-0.15, -0.1) is 0 Å². The molecule has 0 aliphatic carbocycles. The fraction of sp³-hybridized carbons (Fsp3) is 0.562. The molecule has 2 rings (SSSR count). The summed E-state index contributed by atoms with van der Waals surface area (Å²) in [7, 11) is 0. The van der Waals surface area contributed by atoms with Gasteiger partial charge in [0, 0.05) is 18.2 Å². The summed E-state index contributed by atoms with van der Waals surface area (Å²) < 4.78 is 0. The van der Waals surface area contributed by atoms with Gasteiger partial charge in [-0.3, -0.25) is 4.79 Å². The van der Waals surface area contributed by atoms with Gasteiger partial charge in [0.25, 0.3) is 0 Å². The van der Waals surface area contributed by atoms with E-state index in [2.05, 4.69) is 17.1 Å². The standard InChI is InChI=1S/C16H24ClN3O/c1-12-5-2-3-9-20(12)10-4-6-16(21)19-15-8-7-13(18)11-14(15)17/h7-8,11-12H,2-6,9-10,18H2,1H3,(H,19,21). The van der Waals surface area contributed by atoms with E-state index in [-0.39, 0.29) is 5.91 Å². The van der Waals surface area contributed by atoms with Crippen molar-refractivity contribution in [2.45, 2.75) is 45.1 Å². The van der Waals surface area contributed by atoms with Crippen molar-refractivity contribution in [3.8, 4) is 0 Å². The number of anilines is 2. The highest BCUT2D eigenvalue weighted by Crippen LogP contribution is 2.24. The molecule has 1 amide bonds. The molecule has 1 aliphatic rings. The summed E-state index contributed by atoms with van der Waals surface area (Å²) >= 11 is 6.05. The van der Waals surface area contributed by atoms with E-state index in [1.54, 1.807) is 18.2 Å². The van der Waals surface area contributed by atoms with E-state index in [0.717, 1.165) is 19.5 Å². The molecule has 0 radical (unpaired) electrons. The zero-order valence-electron chi connectivity index (χ0n) is 12.6. The van der Waals surface area contributed by atoms with Gasteiger partial charge in [0.1, 0.15) is 0 Å². The maximum Gasteiger partial charge on any atom is 0.224 e. The molecule has 1 atom stereocenters. The number of rotatable bonds is 5. The Kier molecular flexibility index (Phi) is 5.88. The number of hydrogen-bond donors (Lipinski definition) is 2. The Labute approximate surface area is 131 Å². The first-order valence-electron chi connectivity index (χ1n) is 7.65. The van der Waals surface area contributed by atoms with Gasteiger partial charge >= 0.3 is 0 Å². The third-order valence-corrected chi connectivity index (χ3v) is 4.37. The lowest BCUT2D eigenvalue weighted by Crippen LogP contribution is -2.38. The van der Waals surface area contributed by atoms with Gasteiger partial charge in [-0.2, -0.15) is 0 Å². The maximum absolute atomic E-state index is 12.0. The molecule has 0 aromatic heterocycles. The number of hydrogen-bond acceptors (Lipinski definition) is 3. The van der Waals surface area contributed by atoms with Crippen LogP contribution in [0.2, 0.25) is 5.02 Å². The lowest BCUT2D eigenvalue weighted by atomic mass is 10.0. The lowest BCUT2D eigenvalue weighted by molar-refractivity contribution is -0.116. The predicted molar refractivity (Wildman–Crippen MR) is 88.6 cm³/mol. The summed E-state index contributed by atoms with van der Waals surface area (Å²) in [6.07, 6.45) is 5.27. The summed E-state index contributed by atoms with van der Waals surface area (Å²) in [4.78, 5) is 14.4. The van der Waals surface area contributed by atoms with Crippen LogP contribution in [0, 0.1) is 0 Å². The third-order valence-electron chi connectivity index (χ3n) is 4.06.